The number of carboxylic acids is 1. The number of amides is 1. The predicted molar refractivity (Wildman–Crippen MR) is 76.2 cm³/mol. The highest BCUT2D eigenvalue weighted by Crippen LogP contribution is 2.09. The van der Waals surface area contributed by atoms with Gasteiger partial charge in [-0.15, -0.1) is 0 Å². The summed E-state index contributed by atoms with van der Waals surface area (Å²) in [4.78, 5) is 22.0. The van der Waals surface area contributed by atoms with Gasteiger partial charge < -0.3 is 15.2 Å². The molecule has 1 amide bonds. The molecular weight excluding hydrogens is 258 g/mol. The van der Waals surface area contributed by atoms with Gasteiger partial charge in [-0.1, -0.05) is 18.2 Å². The zero-order chi connectivity index (χ0) is 15.2. The standard InChI is InChI=1S/C15H19NO4/c1-15(2,3)20-14(19)16-10-12-6-4-5-11(9-12)7-8-13(17)18/h4-9H,10H2,1-3H3,(H,16,19)(H,17,18). The molecule has 0 aliphatic heterocycles. The Hall–Kier alpha value is -2.30. The Morgan fingerprint density at radius 3 is 2.65 bits per heavy atom. The summed E-state index contributed by atoms with van der Waals surface area (Å²) in [7, 11) is 0. The third kappa shape index (κ3) is 6.58. The van der Waals surface area contributed by atoms with Crippen molar-refractivity contribution in [2.45, 2.75) is 32.9 Å². The highest BCUT2D eigenvalue weighted by Gasteiger charge is 2.15. The molecule has 0 aliphatic carbocycles. The zero-order valence-corrected chi connectivity index (χ0v) is 11.8. The van der Waals surface area contributed by atoms with E-state index in [1.807, 2.05) is 6.07 Å². The second-order valence-electron chi connectivity index (χ2n) is 5.27. The van der Waals surface area contributed by atoms with Crippen molar-refractivity contribution < 1.29 is 19.4 Å². The van der Waals surface area contributed by atoms with Gasteiger partial charge in [-0.2, -0.15) is 0 Å². The van der Waals surface area contributed by atoms with Crippen LogP contribution in [0.2, 0.25) is 0 Å². The first-order chi connectivity index (χ1) is 9.26. The van der Waals surface area contributed by atoms with Gasteiger partial charge in [0.25, 0.3) is 0 Å². The van der Waals surface area contributed by atoms with Crippen LogP contribution in [0.1, 0.15) is 31.9 Å². The minimum Gasteiger partial charge on any atom is -0.478 e. The number of nitrogens with one attached hydrogen (secondary N) is 1. The van der Waals surface area contributed by atoms with E-state index in [0.29, 0.717) is 6.54 Å². The Morgan fingerprint density at radius 1 is 1.35 bits per heavy atom. The Bertz CT molecular complexity index is 515. The van der Waals surface area contributed by atoms with Crippen molar-refractivity contribution in [3.05, 3.63) is 41.5 Å². The minimum absolute atomic E-state index is 0.323. The number of carbonyl (C=O) groups excluding carboxylic acids is 1. The van der Waals surface area contributed by atoms with Gasteiger partial charge in [0.2, 0.25) is 0 Å². The Morgan fingerprint density at radius 2 is 2.05 bits per heavy atom. The van der Waals surface area contributed by atoms with Crippen LogP contribution in [0.4, 0.5) is 4.79 Å². The molecule has 0 saturated carbocycles. The largest absolute Gasteiger partial charge is 0.478 e. The molecule has 0 aromatic heterocycles. The van der Waals surface area contributed by atoms with Crippen LogP contribution in [-0.2, 0) is 16.1 Å². The highest BCUT2D eigenvalue weighted by atomic mass is 16.6. The molecule has 1 rings (SSSR count). The Labute approximate surface area is 118 Å². The number of carbonyl (C=O) groups is 2. The fraction of sp³-hybridized carbons (Fsp3) is 0.333. The van der Waals surface area contributed by atoms with Crippen molar-refractivity contribution in [2.75, 3.05) is 0 Å². The van der Waals surface area contributed by atoms with Gasteiger partial charge in [-0.05, 0) is 44.0 Å². The van der Waals surface area contributed by atoms with E-state index in [1.54, 1.807) is 39.0 Å². The quantitative estimate of drug-likeness (QED) is 0.830. The smallest absolute Gasteiger partial charge is 0.407 e. The third-order valence-corrected chi connectivity index (χ3v) is 2.21. The molecule has 0 heterocycles. The summed E-state index contributed by atoms with van der Waals surface area (Å²) >= 11 is 0. The molecule has 5 nitrogen and oxygen atoms in total. The van der Waals surface area contributed by atoms with E-state index in [2.05, 4.69) is 5.32 Å². The maximum atomic E-state index is 11.5. The topological polar surface area (TPSA) is 75.6 Å². The van der Waals surface area contributed by atoms with Crippen molar-refractivity contribution >= 4 is 18.1 Å². The average molecular weight is 277 g/mol. The first-order valence-electron chi connectivity index (χ1n) is 6.23. The fourth-order valence-corrected chi connectivity index (χ4v) is 1.46. The number of alkyl carbamates (subject to hydrolysis) is 1. The van der Waals surface area contributed by atoms with Crippen LogP contribution in [-0.4, -0.2) is 22.8 Å². The van der Waals surface area contributed by atoms with Gasteiger partial charge in [-0.3, -0.25) is 0 Å². The van der Waals surface area contributed by atoms with E-state index in [4.69, 9.17) is 9.84 Å². The average Bonchev–Trinajstić information content (AvgIpc) is 2.32. The number of aliphatic carboxylic acids is 1. The number of benzene rings is 1. The molecule has 0 unspecified atom stereocenters. The van der Waals surface area contributed by atoms with Crippen molar-refractivity contribution in [3.8, 4) is 0 Å². The maximum Gasteiger partial charge on any atom is 0.407 e. The molecule has 5 heteroatoms. The molecule has 0 saturated heterocycles. The number of hydrogen-bond donors (Lipinski definition) is 2. The lowest BCUT2D eigenvalue weighted by atomic mass is 10.1. The van der Waals surface area contributed by atoms with E-state index in [0.717, 1.165) is 17.2 Å². The number of carboxylic acid groups (broad SMARTS) is 1. The number of ether oxygens (including phenoxy) is 1. The summed E-state index contributed by atoms with van der Waals surface area (Å²) in [6, 6.07) is 7.23. The molecule has 0 fully saturated rings. The zero-order valence-electron chi connectivity index (χ0n) is 11.8. The van der Waals surface area contributed by atoms with Crippen molar-refractivity contribution in [1.29, 1.82) is 0 Å². The monoisotopic (exact) mass is 277 g/mol. The minimum atomic E-state index is -0.998. The van der Waals surface area contributed by atoms with Crippen LogP contribution in [0.5, 0.6) is 0 Å². The van der Waals surface area contributed by atoms with E-state index >= 15 is 0 Å². The third-order valence-electron chi connectivity index (χ3n) is 2.21. The number of rotatable bonds is 4. The summed E-state index contributed by atoms with van der Waals surface area (Å²) in [5.41, 5.74) is 1.09. The Kier molecular flexibility index (Phi) is 5.32. The van der Waals surface area contributed by atoms with Crippen LogP contribution in [0.3, 0.4) is 0 Å². The molecule has 0 atom stereocenters. The molecule has 20 heavy (non-hydrogen) atoms. The van der Waals surface area contributed by atoms with Crippen molar-refractivity contribution in [3.63, 3.8) is 0 Å². The van der Waals surface area contributed by atoms with Crippen LogP contribution < -0.4 is 5.32 Å². The van der Waals surface area contributed by atoms with Gasteiger partial charge in [0.1, 0.15) is 5.60 Å². The van der Waals surface area contributed by atoms with Crippen LogP contribution in [0.15, 0.2) is 30.3 Å². The molecule has 108 valence electrons. The van der Waals surface area contributed by atoms with E-state index in [9.17, 15) is 9.59 Å². The lowest BCUT2D eigenvalue weighted by Crippen LogP contribution is -2.32. The summed E-state index contributed by atoms with van der Waals surface area (Å²) in [6.07, 6.45) is 2.09. The van der Waals surface area contributed by atoms with E-state index < -0.39 is 17.7 Å². The molecular formula is C15H19NO4. The summed E-state index contributed by atoms with van der Waals surface area (Å²) in [6.45, 7) is 5.71. The molecule has 0 radical (unpaired) electrons. The maximum absolute atomic E-state index is 11.5. The predicted octanol–water partition coefficient (Wildman–Crippen LogP) is 2.81. The SMILES string of the molecule is CC(C)(C)OC(=O)NCc1cccc(C=CC(=O)O)c1. The van der Waals surface area contributed by atoms with Gasteiger partial charge in [-0.25, -0.2) is 9.59 Å². The lowest BCUT2D eigenvalue weighted by Gasteiger charge is -2.19. The van der Waals surface area contributed by atoms with Crippen LogP contribution in [0.25, 0.3) is 6.08 Å². The molecule has 1 aromatic rings. The highest BCUT2D eigenvalue weighted by molar-refractivity contribution is 5.85. The van der Waals surface area contributed by atoms with E-state index in [1.165, 1.54) is 6.08 Å². The van der Waals surface area contributed by atoms with Gasteiger partial charge in [0.15, 0.2) is 0 Å². The first-order valence-corrected chi connectivity index (χ1v) is 6.23. The summed E-state index contributed by atoms with van der Waals surface area (Å²) in [5.74, 6) is -0.998. The van der Waals surface area contributed by atoms with Crippen molar-refractivity contribution in [1.82, 2.24) is 5.32 Å². The van der Waals surface area contributed by atoms with Crippen molar-refractivity contribution in [2.24, 2.45) is 0 Å². The fourth-order valence-electron chi connectivity index (χ4n) is 1.46. The Balaban J connectivity index is 2.59. The molecule has 0 aliphatic rings. The lowest BCUT2D eigenvalue weighted by molar-refractivity contribution is -0.131. The molecule has 2 N–H and O–H groups in total. The second-order valence-corrected chi connectivity index (χ2v) is 5.27. The van der Waals surface area contributed by atoms with E-state index in [-0.39, 0.29) is 0 Å². The summed E-state index contributed by atoms with van der Waals surface area (Å²) < 4.78 is 5.13. The first kappa shape index (κ1) is 15.8. The molecule has 1 aromatic carbocycles. The molecule has 0 bridgehead atoms. The van der Waals surface area contributed by atoms with Gasteiger partial charge >= 0.3 is 12.1 Å². The van der Waals surface area contributed by atoms with Gasteiger partial charge in [0, 0.05) is 12.6 Å². The van der Waals surface area contributed by atoms with Gasteiger partial charge in [0.05, 0.1) is 0 Å². The normalized spacial score (nSPS) is 11.3. The number of hydrogen-bond acceptors (Lipinski definition) is 3. The van der Waals surface area contributed by atoms with Crippen LogP contribution in [0, 0.1) is 0 Å². The second kappa shape index (κ2) is 6.75. The van der Waals surface area contributed by atoms with Crippen LogP contribution >= 0.6 is 0 Å². The summed E-state index contributed by atoms with van der Waals surface area (Å²) in [5, 5.41) is 11.2. The molecule has 0 spiro atoms.